The number of hydrogen-bond donors (Lipinski definition) is 2. The maximum atomic E-state index is 12.3. The molecule has 2 N–H and O–H groups in total. The van der Waals surface area contributed by atoms with E-state index in [4.69, 9.17) is 4.74 Å². The number of amides is 2. The number of fused-ring (bicyclic) bond motifs is 1. The van der Waals surface area contributed by atoms with Gasteiger partial charge >= 0.3 is 6.03 Å². The number of nitrogens with zero attached hydrogens (tertiary/aromatic N) is 2. The monoisotopic (exact) mass is 382 g/mol. The van der Waals surface area contributed by atoms with Gasteiger partial charge in [0.1, 0.15) is 11.6 Å². The van der Waals surface area contributed by atoms with Gasteiger partial charge in [-0.15, -0.1) is 0 Å². The van der Waals surface area contributed by atoms with Crippen LogP contribution in [0.25, 0.3) is 0 Å². The lowest BCUT2D eigenvalue weighted by molar-refractivity contribution is 0.101. The number of anilines is 1. The highest BCUT2D eigenvalue weighted by atomic mass is 16.5. The maximum Gasteiger partial charge on any atom is 0.319 e. The van der Waals surface area contributed by atoms with Crippen LogP contribution in [0.4, 0.5) is 10.5 Å². The Hall–Kier alpha value is -2.96. The van der Waals surface area contributed by atoms with Gasteiger partial charge in [-0.05, 0) is 63.8 Å². The molecule has 0 radical (unpaired) electrons. The van der Waals surface area contributed by atoms with E-state index >= 15 is 0 Å². The third kappa shape index (κ3) is 4.65. The molecule has 1 aliphatic rings. The van der Waals surface area contributed by atoms with Gasteiger partial charge in [-0.2, -0.15) is 0 Å². The summed E-state index contributed by atoms with van der Waals surface area (Å²) < 4.78 is 5.53. The van der Waals surface area contributed by atoms with Crippen LogP contribution in [0.15, 0.2) is 18.2 Å². The van der Waals surface area contributed by atoms with E-state index in [1.807, 2.05) is 13.8 Å². The van der Waals surface area contributed by atoms with Crippen molar-refractivity contribution in [3.05, 3.63) is 46.5 Å². The first-order chi connectivity index (χ1) is 13.5. The van der Waals surface area contributed by atoms with E-state index in [1.165, 1.54) is 12.5 Å². The molecule has 2 aromatic rings. The standard InChI is InChI=1S/C21H26N4O3/c1-4-28-19-9-8-15(14(3)26)12-18(19)25-21(27)22-11-10-20-23-13(2)16-6-5-7-17(16)24-20/h8-9,12H,4-7,10-11H2,1-3H3,(H2,22,25,27). The van der Waals surface area contributed by atoms with Gasteiger partial charge in [0.25, 0.3) is 0 Å². The van der Waals surface area contributed by atoms with Gasteiger partial charge in [0.2, 0.25) is 0 Å². The van der Waals surface area contributed by atoms with Gasteiger partial charge in [-0.1, -0.05) is 0 Å². The highest BCUT2D eigenvalue weighted by Gasteiger charge is 2.17. The number of carbonyl (C=O) groups excluding carboxylic acids is 2. The average Bonchev–Trinajstić information content (AvgIpc) is 3.12. The molecule has 3 rings (SSSR count). The molecule has 0 saturated carbocycles. The zero-order valence-electron chi connectivity index (χ0n) is 16.6. The summed E-state index contributed by atoms with van der Waals surface area (Å²) in [7, 11) is 0. The summed E-state index contributed by atoms with van der Waals surface area (Å²) in [6, 6.07) is 4.64. The third-order valence-electron chi connectivity index (χ3n) is 4.75. The predicted molar refractivity (Wildman–Crippen MR) is 107 cm³/mol. The minimum Gasteiger partial charge on any atom is -0.492 e. The molecule has 1 aromatic heterocycles. The van der Waals surface area contributed by atoms with Crippen LogP contribution in [0.5, 0.6) is 5.75 Å². The van der Waals surface area contributed by atoms with Crippen LogP contribution in [-0.2, 0) is 19.3 Å². The first-order valence-electron chi connectivity index (χ1n) is 9.65. The fourth-order valence-electron chi connectivity index (χ4n) is 3.38. The van der Waals surface area contributed by atoms with Gasteiger partial charge in [-0.3, -0.25) is 4.79 Å². The van der Waals surface area contributed by atoms with Gasteiger partial charge in [0, 0.05) is 29.9 Å². The zero-order chi connectivity index (χ0) is 20.1. The van der Waals surface area contributed by atoms with E-state index in [0.29, 0.717) is 36.6 Å². The summed E-state index contributed by atoms with van der Waals surface area (Å²) in [4.78, 5) is 33.1. The second kappa shape index (κ2) is 8.82. The smallest absolute Gasteiger partial charge is 0.319 e. The van der Waals surface area contributed by atoms with Gasteiger partial charge in [0.15, 0.2) is 5.78 Å². The van der Waals surface area contributed by atoms with E-state index in [2.05, 4.69) is 20.6 Å². The Balaban J connectivity index is 1.59. The number of benzene rings is 1. The fraction of sp³-hybridized carbons (Fsp3) is 0.429. The molecule has 1 aliphatic carbocycles. The number of hydrogen-bond acceptors (Lipinski definition) is 5. The molecular weight excluding hydrogens is 356 g/mol. The van der Waals surface area contributed by atoms with E-state index in [1.54, 1.807) is 18.2 Å². The lowest BCUT2D eigenvalue weighted by Crippen LogP contribution is -2.31. The number of rotatable bonds is 7. The molecule has 0 aliphatic heterocycles. The highest BCUT2D eigenvalue weighted by molar-refractivity contribution is 5.97. The van der Waals surface area contributed by atoms with Crippen LogP contribution in [0.2, 0.25) is 0 Å². The van der Waals surface area contributed by atoms with Crippen LogP contribution in [0.1, 0.15) is 53.4 Å². The number of Topliss-reactive ketones (excluding diaryl/α,β-unsaturated/α-hetero) is 1. The molecule has 0 atom stereocenters. The number of nitrogens with one attached hydrogen (secondary N) is 2. The normalized spacial score (nSPS) is 12.4. The van der Waals surface area contributed by atoms with Gasteiger partial charge in [0.05, 0.1) is 12.3 Å². The van der Waals surface area contributed by atoms with Crippen molar-refractivity contribution < 1.29 is 14.3 Å². The molecule has 0 unspecified atom stereocenters. The van der Waals surface area contributed by atoms with E-state index < -0.39 is 0 Å². The largest absolute Gasteiger partial charge is 0.492 e. The summed E-state index contributed by atoms with van der Waals surface area (Å²) in [6.07, 6.45) is 3.76. The van der Waals surface area contributed by atoms with Crippen molar-refractivity contribution in [1.82, 2.24) is 15.3 Å². The van der Waals surface area contributed by atoms with Crippen molar-refractivity contribution in [3.8, 4) is 5.75 Å². The summed E-state index contributed by atoms with van der Waals surface area (Å²) in [5.41, 5.74) is 4.46. The van der Waals surface area contributed by atoms with Crippen molar-refractivity contribution in [1.29, 1.82) is 0 Å². The first-order valence-corrected chi connectivity index (χ1v) is 9.65. The molecule has 28 heavy (non-hydrogen) atoms. The van der Waals surface area contributed by atoms with E-state index in [9.17, 15) is 9.59 Å². The second-order valence-electron chi connectivity index (χ2n) is 6.84. The molecule has 7 nitrogen and oxygen atoms in total. The molecule has 1 heterocycles. The Kier molecular flexibility index (Phi) is 6.23. The van der Waals surface area contributed by atoms with Crippen LogP contribution in [0, 0.1) is 6.92 Å². The SMILES string of the molecule is CCOc1ccc(C(C)=O)cc1NC(=O)NCCc1nc(C)c2c(n1)CCC2. The summed E-state index contributed by atoms with van der Waals surface area (Å²) in [5.74, 6) is 1.21. The Morgan fingerprint density at radius 1 is 1.21 bits per heavy atom. The van der Waals surface area contributed by atoms with Crippen LogP contribution < -0.4 is 15.4 Å². The molecule has 7 heteroatoms. The number of urea groups is 1. The van der Waals surface area contributed by atoms with Crippen LogP contribution in [-0.4, -0.2) is 34.9 Å². The highest BCUT2D eigenvalue weighted by Crippen LogP contribution is 2.26. The van der Waals surface area contributed by atoms with Crippen molar-refractivity contribution in [2.45, 2.75) is 46.5 Å². The Labute approximate surface area is 164 Å². The number of carbonyl (C=O) groups is 2. The zero-order valence-corrected chi connectivity index (χ0v) is 16.6. The lowest BCUT2D eigenvalue weighted by Gasteiger charge is -2.13. The predicted octanol–water partition coefficient (Wildman–Crippen LogP) is 3.24. The Bertz CT molecular complexity index is 895. The fourth-order valence-corrected chi connectivity index (χ4v) is 3.38. The molecule has 0 saturated heterocycles. The number of ketones is 1. The summed E-state index contributed by atoms with van der Waals surface area (Å²) >= 11 is 0. The quantitative estimate of drug-likeness (QED) is 0.717. The first kappa shape index (κ1) is 19.8. The topological polar surface area (TPSA) is 93.2 Å². The Morgan fingerprint density at radius 3 is 2.79 bits per heavy atom. The Morgan fingerprint density at radius 2 is 2.04 bits per heavy atom. The van der Waals surface area contributed by atoms with Crippen LogP contribution >= 0.6 is 0 Å². The number of aromatic nitrogens is 2. The second-order valence-corrected chi connectivity index (χ2v) is 6.84. The van der Waals surface area contributed by atoms with Crippen molar-refractivity contribution in [3.63, 3.8) is 0 Å². The van der Waals surface area contributed by atoms with E-state index in [-0.39, 0.29) is 11.8 Å². The third-order valence-corrected chi connectivity index (χ3v) is 4.75. The molecule has 1 aromatic carbocycles. The molecule has 2 amide bonds. The number of ether oxygens (including phenoxy) is 1. The van der Waals surface area contributed by atoms with Gasteiger partial charge in [-0.25, -0.2) is 14.8 Å². The molecular formula is C21H26N4O3. The van der Waals surface area contributed by atoms with E-state index in [0.717, 1.165) is 36.5 Å². The molecule has 0 spiro atoms. The van der Waals surface area contributed by atoms with Crippen LogP contribution in [0.3, 0.4) is 0 Å². The minimum absolute atomic E-state index is 0.0735. The van der Waals surface area contributed by atoms with Crippen molar-refractivity contribution in [2.24, 2.45) is 0 Å². The summed E-state index contributed by atoms with van der Waals surface area (Å²) in [6.45, 7) is 6.25. The molecule has 0 bridgehead atoms. The minimum atomic E-state index is -0.362. The summed E-state index contributed by atoms with van der Waals surface area (Å²) in [5, 5.41) is 5.58. The maximum absolute atomic E-state index is 12.3. The van der Waals surface area contributed by atoms with Gasteiger partial charge < -0.3 is 15.4 Å². The van der Waals surface area contributed by atoms with Crippen molar-refractivity contribution >= 4 is 17.5 Å². The number of aryl methyl sites for hydroxylation is 2. The molecule has 148 valence electrons. The van der Waals surface area contributed by atoms with Crippen molar-refractivity contribution in [2.75, 3.05) is 18.5 Å². The molecule has 0 fully saturated rings. The average molecular weight is 382 g/mol. The lowest BCUT2D eigenvalue weighted by atomic mass is 10.1.